The molecule has 0 spiro atoms. The number of hydrogen-bond acceptors (Lipinski definition) is 4. The van der Waals surface area contributed by atoms with Crippen molar-refractivity contribution < 1.29 is 9.47 Å². The average Bonchev–Trinajstić information content (AvgIpc) is 2.48. The Morgan fingerprint density at radius 3 is 2.33 bits per heavy atom. The third kappa shape index (κ3) is 2.78. The highest BCUT2D eigenvalue weighted by molar-refractivity contribution is 5.64. The molecule has 2 aromatic rings. The van der Waals surface area contributed by atoms with E-state index in [1.165, 1.54) is 0 Å². The highest BCUT2D eigenvalue weighted by Crippen LogP contribution is 2.31. The molecule has 0 saturated heterocycles. The molecule has 1 aromatic carbocycles. The molecule has 1 atom stereocenters. The van der Waals surface area contributed by atoms with Crippen LogP contribution in [0.3, 0.4) is 0 Å². The van der Waals surface area contributed by atoms with Crippen LogP contribution in [0.15, 0.2) is 35.1 Å². The van der Waals surface area contributed by atoms with E-state index in [2.05, 4.69) is 0 Å². The predicted molar refractivity (Wildman–Crippen MR) is 82.8 cm³/mol. The minimum atomic E-state index is -0.289. The van der Waals surface area contributed by atoms with Crippen LogP contribution in [0.5, 0.6) is 11.5 Å². The van der Waals surface area contributed by atoms with Crippen LogP contribution in [0, 0.1) is 0 Å². The van der Waals surface area contributed by atoms with Crippen molar-refractivity contribution in [1.82, 2.24) is 4.57 Å². The summed E-state index contributed by atoms with van der Waals surface area (Å²) in [4.78, 5) is 12.3. The van der Waals surface area contributed by atoms with Crippen LogP contribution in [0.2, 0.25) is 0 Å². The van der Waals surface area contributed by atoms with Gasteiger partial charge in [0.25, 0.3) is 5.56 Å². The van der Waals surface area contributed by atoms with E-state index in [1.807, 2.05) is 24.3 Å². The molecule has 1 unspecified atom stereocenters. The molecular formula is C16H20N2O3. The third-order valence-electron chi connectivity index (χ3n) is 3.50. The molecule has 0 aliphatic carbocycles. The number of hydrogen-bond donors (Lipinski definition) is 1. The largest absolute Gasteiger partial charge is 0.493 e. The Hall–Kier alpha value is -2.27. The summed E-state index contributed by atoms with van der Waals surface area (Å²) in [5, 5.41) is 0. The molecule has 0 saturated carbocycles. The maximum atomic E-state index is 12.3. The molecule has 1 aromatic heterocycles. The fourth-order valence-electron chi connectivity index (χ4n) is 2.29. The Labute approximate surface area is 123 Å². The average molecular weight is 288 g/mol. The lowest BCUT2D eigenvalue weighted by molar-refractivity contribution is 0.355. The lowest BCUT2D eigenvalue weighted by atomic mass is 10.1. The number of pyridine rings is 1. The molecule has 2 rings (SSSR count). The second kappa shape index (κ2) is 6.01. The zero-order valence-corrected chi connectivity index (χ0v) is 12.7. The van der Waals surface area contributed by atoms with Crippen LogP contribution in [0.4, 0.5) is 0 Å². The number of nitrogens with two attached hydrogens (primary N) is 1. The SMILES string of the molecule is COc1ccc(-c2ccc(C(C)N)c(=O)n2C)cc1OC. The number of nitrogens with zero attached hydrogens (tertiary/aromatic N) is 1. The minimum Gasteiger partial charge on any atom is -0.493 e. The van der Waals surface area contributed by atoms with Gasteiger partial charge in [0, 0.05) is 24.2 Å². The van der Waals surface area contributed by atoms with E-state index in [-0.39, 0.29) is 11.6 Å². The fraction of sp³-hybridized carbons (Fsp3) is 0.312. The van der Waals surface area contributed by atoms with Gasteiger partial charge >= 0.3 is 0 Å². The minimum absolute atomic E-state index is 0.0858. The number of aromatic nitrogens is 1. The summed E-state index contributed by atoms with van der Waals surface area (Å²) in [6.45, 7) is 1.80. The smallest absolute Gasteiger partial charge is 0.255 e. The summed E-state index contributed by atoms with van der Waals surface area (Å²) in [5.41, 5.74) is 7.99. The van der Waals surface area contributed by atoms with Gasteiger partial charge in [-0.15, -0.1) is 0 Å². The number of ether oxygens (including phenoxy) is 2. The van der Waals surface area contributed by atoms with Gasteiger partial charge in [0.1, 0.15) is 0 Å². The summed E-state index contributed by atoms with van der Waals surface area (Å²) in [6.07, 6.45) is 0. The third-order valence-corrected chi connectivity index (χ3v) is 3.50. The van der Waals surface area contributed by atoms with Crippen molar-refractivity contribution in [3.8, 4) is 22.8 Å². The molecule has 21 heavy (non-hydrogen) atoms. The van der Waals surface area contributed by atoms with Crippen LogP contribution in [0.1, 0.15) is 18.5 Å². The summed E-state index contributed by atoms with van der Waals surface area (Å²) >= 11 is 0. The van der Waals surface area contributed by atoms with Gasteiger partial charge in [0.2, 0.25) is 0 Å². The quantitative estimate of drug-likeness (QED) is 0.935. The first-order chi connectivity index (χ1) is 9.99. The fourth-order valence-corrected chi connectivity index (χ4v) is 2.29. The van der Waals surface area contributed by atoms with E-state index >= 15 is 0 Å². The molecule has 0 fully saturated rings. The van der Waals surface area contributed by atoms with Crippen LogP contribution < -0.4 is 20.8 Å². The maximum absolute atomic E-state index is 12.3. The molecule has 0 radical (unpaired) electrons. The molecule has 0 bridgehead atoms. The van der Waals surface area contributed by atoms with E-state index in [0.717, 1.165) is 11.3 Å². The van der Waals surface area contributed by atoms with Gasteiger partial charge in [0.15, 0.2) is 11.5 Å². The first kappa shape index (κ1) is 15.1. The highest BCUT2D eigenvalue weighted by atomic mass is 16.5. The Morgan fingerprint density at radius 1 is 1.10 bits per heavy atom. The van der Waals surface area contributed by atoms with E-state index in [0.29, 0.717) is 17.1 Å². The molecule has 5 nitrogen and oxygen atoms in total. The van der Waals surface area contributed by atoms with Crippen LogP contribution in [-0.4, -0.2) is 18.8 Å². The zero-order chi connectivity index (χ0) is 15.6. The van der Waals surface area contributed by atoms with E-state index < -0.39 is 0 Å². The Balaban J connectivity index is 2.58. The number of methoxy groups -OCH3 is 2. The number of rotatable bonds is 4. The molecule has 112 valence electrons. The standard InChI is InChI=1S/C16H20N2O3/c1-10(17)12-6-7-13(18(2)16(12)19)11-5-8-14(20-3)15(9-11)21-4/h5-10H,17H2,1-4H3. The molecule has 0 aliphatic rings. The van der Waals surface area contributed by atoms with Crippen molar-refractivity contribution in [1.29, 1.82) is 0 Å². The lowest BCUT2D eigenvalue weighted by Crippen LogP contribution is -2.26. The molecule has 0 amide bonds. The van der Waals surface area contributed by atoms with Crippen LogP contribution in [0.25, 0.3) is 11.3 Å². The van der Waals surface area contributed by atoms with Gasteiger partial charge in [-0.25, -0.2) is 0 Å². The van der Waals surface area contributed by atoms with Gasteiger partial charge in [0.05, 0.1) is 19.9 Å². The first-order valence-corrected chi connectivity index (χ1v) is 6.67. The Bertz CT molecular complexity index is 705. The second-order valence-corrected chi connectivity index (χ2v) is 4.90. The van der Waals surface area contributed by atoms with Crippen molar-refractivity contribution in [2.45, 2.75) is 13.0 Å². The van der Waals surface area contributed by atoms with Crippen LogP contribution >= 0.6 is 0 Å². The number of benzene rings is 1. The normalized spacial score (nSPS) is 12.0. The van der Waals surface area contributed by atoms with Gasteiger partial charge in [-0.3, -0.25) is 4.79 Å². The predicted octanol–water partition coefficient (Wildman–Crippen LogP) is 2.09. The summed E-state index contributed by atoms with van der Waals surface area (Å²) in [5.74, 6) is 1.28. The zero-order valence-electron chi connectivity index (χ0n) is 12.7. The second-order valence-electron chi connectivity index (χ2n) is 4.90. The van der Waals surface area contributed by atoms with E-state index in [9.17, 15) is 4.79 Å². The van der Waals surface area contributed by atoms with Gasteiger partial charge in [-0.1, -0.05) is 0 Å². The molecule has 0 aliphatic heterocycles. The molecule has 1 heterocycles. The Morgan fingerprint density at radius 2 is 1.76 bits per heavy atom. The first-order valence-electron chi connectivity index (χ1n) is 6.67. The molecular weight excluding hydrogens is 268 g/mol. The lowest BCUT2D eigenvalue weighted by Gasteiger charge is -2.14. The van der Waals surface area contributed by atoms with Gasteiger partial charge < -0.3 is 19.8 Å². The van der Waals surface area contributed by atoms with Crippen LogP contribution in [-0.2, 0) is 7.05 Å². The monoisotopic (exact) mass is 288 g/mol. The Kier molecular flexibility index (Phi) is 4.33. The van der Waals surface area contributed by atoms with E-state index in [4.69, 9.17) is 15.2 Å². The summed E-state index contributed by atoms with van der Waals surface area (Å²) in [6, 6.07) is 8.93. The van der Waals surface area contributed by atoms with Crippen molar-refractivity contribution >= 4 is 0 Å². The van der Waals surface area contributed by atoms with Crippen molar-refractivity contribution in [3.63, 3.8) is 0 Å². The van der Waals surface area contributed by atoms with E-state index in [1.54, 1.807) is 38.8 Å². The maximum Gasteiger partial charge on any atom is 0.255 e. The molecule has 2 N–H and O–H groups in total. The van der Waals surface area contributed by atoms with Gasteiger partial charge in [-0.05, 0) is 37.3 Å². The van der Waals surface area contributed by atoms with Crippen molar-refractivity contribution in [2.75, 3.05) is 14.2 Å². The van der Waals surface area contributed by atoms with Gasteiger partial charge in [-0.2, -0.15) is 0 Å². The highest BCUT2D eigenvalue weighted by Gasteiger charge is 2.12. The molecule has 5 heteroatoms. The summed E-state index contributed by atoms with van der Waals surface area (Å²) in [7, 11) is 4.91. The topological polar surface area (TPSA) is 66.5 Å². The van der Waals surface area contributed by atoms with Crippen molar-refractivity contribution in [3.05, 3.63) is 46.2 Å². The van der Waals surface area contributed by atoms with Crippen molar-refractivity contribution in [2.24, 2.45) is 12.8 Å². The summed E-state index contributed by atoms with van der Waals surface area (Å²) < 4.78 is 12.1.